The minimum absolute atomic E-state index is 0.181. The summed E-state index contributed by atoms with van der Waals surface area (Å²) >= 11 is 0. The van der Waals surface area contributed by atoms with Gasteiger partial charge in [0.1, 0.15) is 5.75 Å². The number of rotatable bonds is 5. The molecule has 0 radical (unpaired) electrons. The first-order valence-electron chi connectivity index (χ1n) is 8.72. The van der Waals surface area contributed by atoms with Crippen molar-refractivity contribution in [2.75, 3.05) is 0 Å². The van der Waals surface area contributed by atoms with Crippen LogP contribution in [-0.2, 0) is 11.2 Å². The molecule has 1 aliphatic rings. The first-order valence-corrected chi connectivity index (χ1v) is 8.72. The van der Waals surface area contributed by atoms with E-state index in [1.807, 2.05) is 24.3 Å². The zero-order valence-electron chi connectivity index (χ0n) is 13.6. The molecule has 1 fully saturated rings. The predicted octanol–water partition coefficient (Wildman–Crippen LogP) is 4.32. The Kier molecular flexibility index (Phi) is 5.16. The topological polar surface area (TPSA) is 49.3 Å². The highest BCUT2D eigenvalue weighted by atomic mass is 16.3. The molecule has 3 nitrogen and oxygen atoms in total. The summed E-state index contributed by atoms with van der Waals surface area (Å²) < 4.78 is 0. The molecular weight excluding hydrogens is 286 g/mol. The Hall–Kier alpha value is -2.03. The molecule has 0 aliphatic heterocycles. The zero-order valence-corrected chi connectivity index (χ0v) is 13.6. The summed E-state index contributed by atoms with van der Waals surface area (Å²) in [6.45, 7) is 0. The van der Waals surface area contributed by atoms with Crippen LogP contribution in [0.25, 0.3) is 10.8 Å². The maximum Gasteiger partial charge on any atom is 0.220 e. The largest absolute Gasteiger partial charge is 0.508 e. The van der Waals surface area contributed by atoms with Crippen LogP contribution in [0.2, 0.25) is 0 Å². The van der Waals surface area contributed by atoms with Crippen LogP contribution < -0.4 is 5.32 Å². The van der Waals surface area contributed by atoms with Gasteiger partial charge >= 0.3 is 0 Å². The van der Waals surface area contributed by atoms with E-state index < -0.39 is 0 Å². The van der Waals surface area contributed by atoms with E-state index in [0.717, 1.165) is 36.5 Å². The molecule has 0 spiro atoms. The highest BCUT2D eigenvalue weighted by Gasteiger charge is 2.15. The van der Waals surface area contributed by atoms with E-state index in [4.69, 9.17) is 0 Å². The summed E-state index contributed by atoms with van der Waals surface area (Å²) in [6, 6.07) is 12.0. The molecule has 0 unspecified atom stereocenters. The van der Waals surface area contributed by atoms with E-state index in [2.05, 4.69) is 11.4 Å². The van der Waals surface area contributed by atoms with Crippen molar-refractivity contribution in [2.24, 2.45) is 0 Å². The van der Waals surface area contributed by atoms with E-state index >= 15 is 0 Å². The van der Waals surface area contributed by atoms with Gasteiger partial charge in [-0.25, -0.2) is 0 Å². The first-order chi connectivity index (χ1) is 11.2. The molecule has 1 amide bonds. The van der Waals surface area contributed by atoms with Crippen LogP contribution in [0.3, 0.4) is 0 Å². The molecule has 0 bridgehead atoms. The lowest BCUT2D eigenvalue weighted by atomic mass is 9.95. The van der Waals surface area contributed by atoms with E-state index in [1.54, 1.807) is 6.07 Å². The number of nitrogens with one attached hydrogen (secondary N) is 1. The van der Waals surface area contributed by atoms with E-state index in [-0.39, 0.29) is 5.91 Å². The molecule has 2 N–H and O–H groups in total. The van der Waals surface area contributed by atoms with Gasteiger partial charge in [-0.2, -0.15) is 0 Å². The van der Waals surface area contributed by atoms with Gasteiger partial charge in [0.15, 0.2) is 0 Å². The van der Waals surface area contributed by atoms with Crippen molar-refractivity contribution in [3.8, 4) is 5.75 Å². The van der Waals surface area contributed by atoms with Crippen molar-refractivity contribution >= 4 is 16.7 Å². The van der Waals surface area contributed by atoms with Crippen LogP contribution in [-0.4, -0.2) is 17.1 Å². The third kappa shape index (κ3) is 4.25. The SMILES string of the molecule is O=C(CCCc1cccc2ccc(O)cc12)NC1CCCCC1. The maximum atomic E-state index is 12.1. The lowest BCUT2D eigenvalue weighted by molar-refractivity contribution is -0.122. The zero-order chi connectivity index (χ0) is 16.1. The van der Waals surface area contributed by atoms with Gasteiger partial charge in [0.2, 0.25) is 5.91 Å². The van der Waals surface area contributed by atoms with Crippen LogP contribution in [0.4, 0.5) is 0 Å². The van der Waals surface area contributed by atoms with Crippen molar-refractivity contribution in [3.05, 3.63) is 42.0 Å². The Morgan fingerprint density at radius 2 is 1.96 bits per heavy atom. The third-order valence-corrected chi connectivity index (χ3v) is 4.78. The average Bonchev–Trinajstić information content (AvgIpc) is 2.56. The molecule has 3 heteroatoms. The van der Waals surface area contributed by atoms with Crippen molar-refractivity contribution in [1.82, 2.24) is 5.32 Å². The predicted molar refractivity (Wildman–Crippen MR) is 93.6 cm³/mol. The van der Waals surface area contributed by atoms with Gasteiger partial charge in [-0.1, -0.05) is 43.5 Å². The number of phenolic OH excluding ortho intramolecular Hbond substituents is 1. The Morgan fingerprint density at radius 1 is 1.13 bits per heavy atom. The summed E-state index contributed by atoms with van der Waals surface area (Å²) in [4.78, 5) is 12.1. The molecular formula is C20H25NO2. The second-order valence-corrected chi connectivity index (χ2v) is 6.58. The summed E-state index contributed by atoms with van der Waals surface area (Å²) in [5.74, 6) is 0.472. The molecule has 23 heavy (non-hydrogen) atoms. The third-order valence-electron chi connectivity index (χ3n) is 4.78. The summed E-state index contributed by atoms with van der Waals surface area (Å²) in [5.41, 5.74) is 1.20. The van der Waals surface area contributed by atoms with E-state index in [9.17, 15) is 9.90 Å². The molecule has 1 saturated carbocycles. The number of hydrogen-bond donors (Lipinski definition) is 2. The standard InChI is InChI=1S/C20H25NO2/c22-18-13-12-16-7-4-6-15(19(16)14-18)8-5-11-20(23)21-17-9-2-1-3-10-17/h4,6-7,12-14,17,22H,1-3,5,8-11H2,(H,21,23). The number of benzene rings is 2. The first kappa shape index (κ1) is 15.9. The molecule has 0 aromatic heterocycles. The minimum Gasteiger partial charge on any atom is -0.508 e. The summed E-state index contributed by atoms with van der Waals surface area (Å²) in [7, 11) is 0. The average molecular weight is 311 g/mol. The fourth-order valence-corrected chi connectivity index (χ4v) is 3.53. The summed E-state index contributed by atoms with van der Waals surface area (Å²) in [5, 5.41) is 15.1. The quantitative estimate of drug-likeness (QED) is 0.864. The lowest BCUT2D eigenvalue weighted by Gasteiger charge is -2.22. The van der Waals surface area contributed by atoms with Crippen molar-refractivity contribution in [2.45, 2.75) is 57.4 Å². The summed E-state index contributed by atoms with van der Waals surface area (Å²) in [6.07, 6.45) is 8.33. The Labute approximate surface area is 137 Å². The van der Waals surface area contributed by atoms with Crippen LogP contribution in [0.1, 0.15) is 50.5 Å². The fourth-order valence-electron chi connectivity index (χ4n) is 3.53. The van der Waals surface area contributed by atoms with Crippen LogP contribution in [0, 0.1) is 0 Å². The van der Waals surface area contributed by atoms with Crippen molar-refractivity contribution < 1.29 is 9.90 Å². The highest BCUT2D eigenvalue weighted by molar-refractivity contribution is 5.87. The van der Waals surface area contributed by atoms with Gasteiger partial charge in [0, 0.05) is 12.5 Å². The van der Waals surface area contributed by atoms with Crippen LogP contribution in [0.15, 0.2) is 36.4 Å². The number of aromatic hydroxyl groups is 1. The molecule has 2 aromatic carbocycles. The molecule has 0 heterocycles. The molecule has 1 aliphatic carbocycles. The van der Waals surface area contributed by atoms with Gasteiger partial charge < -0.3 is 10.4 Å². The maximum absolute atomic E-state index is 12.1. The monoisotopic (exact) mass is 311 g/mol. The van der Waals surface area contributed by atoms with Crippen molar-refractivity contribution in [3.63, 3.8) is 0 Å². The number of amides is 1. The molecule has 3 rings (SSSR count). The van der Waals surface area contributed by atoms with Gasteiger partial charge in [0.25, 0.3) is 0 Å². The van der Waals surface area contributed by atoms with Gasteiger partial charge in [-0.15, -0.1) is 0 Å². The highest BCUT2D eigenvalue weighted by Crippen LogP contribution is 2.24. The number of aryl methyl sites for hydroxylation is 1. The Morgan fingerprint density at radius 3 is 2.78 bits per heavy atom. The number of phenols is 1. The smallest absolute Gasteiger partial charge is 0.220 e. The van der Waals surface area contributed by atoms with E-state index in [1.165, 1.54) is 24.8 Å². The van der Waals surface area contributed by atoms with Gasteiger partial charge in [-0.05, 0) is 54.2 Å². The van der Waals surface area contributed by atoms with Crippen molar-refractivity contribution in [1.29, 1.82) is 0 Å². The van der Waals surface area contributed by atoms with Crippen LogP contribution in [0.5, 0.6) is 5.75 Å². The Balaban J connectivity index is 1.54. The second kappa shape index (κ2) is 7.49. The molecule has 2 aromatic rings. The molecule has 0 atom stereocenters. The number of carbonyl (C=O) groups excluding carboxylic acids is 1. The normalized spacial score (nSPS) is 15.7. The number of carbonyl (C=O) groups is 1. The molecule has 0 saturated heterocycles. The van der Waals surface area contributed by atoms with Gasteiger partial charge in [-0.3, -0.25) is 4.79 Å². The van der Waals surface area contributed by atoms with Gasteiger partial charge in [0.05, 0.1) is 0 Å². The Bertz CT molecular complexity index is 674. The van der Waals surface area contributed by atoms with Crippen LogP contribution >= 0.6 is 0 Å². The second-order valence-electron chi connectivity index (χ2n) is 6.58. The number of hydrogen-bond acceptors (Lipinski definition) is 2. The fraction of sp³-hybridized carbons (Fsp3) is 0.450. The number of fused-ring (bicyclic) bond motifs is 1. The minimum atomic E-state index is 0.181. The van der Waals surface area contributed by atoms with E-state index in [0.29, 0.717) is 18.2 Å². The molecule has 122 valence electrons. The lowest BCUT2D eigenvalue weighted by Crippen LogP contribution is -2.36.